The molecule has 2 saturated heterocycles. The van der Waals surface area contributed by atoms with Crippen molar-refractivity contribution in [3.05, 3.63) is 65.7 Å². The standard InChI is InChI=1S/C22H23N3O3/c1-23(18-8-3-2-4-9-18)21(27)16-6-5-7-17(14-16)22(28)24-12-13-25-19(15-24)10-11-20(25)26/h2-9,14,19H,10-13,15H2,1H3. The van der Waals surface area contributed by atoms with Crippen LogP contribution in [-0.2, 0) is 4.79 Å². The third-order valence-electron chi connectivity index (χ3n) is 5.59. The summed E-state index contributed by atoms with van der Waals surface area (Å²) in [6.07, 6.45) is 1.38. The maximum Gasteiger partial charge on any atom is 0.258 e. The maximum atomic E-state index is 13.0. The molecule has 4 rings (SSSR count). The van der Waals surface area contributed by atoms with Crippen LogP contribution in [0.2, 0.25) is 0 Å². The monoisotopic (exact) mass is 377 g/mol. The van der Waals surface area contributed by atoms with Crippen molar-refractivity contribution in [3.63, 3.8) is 0 Å². The topological polar surface area (TPSA) is 60.9 Å². The summed E-state index contributed by atoms with van der Waals surface area (Å²) in [7, 11) is 1.72. The fraction of sp³-hybridized carbons (Fsp3) is 0.318. The normalized spacial score (nSPS) is 18.8. The molecular weight excluding hydrogens is 354 g/mol. The third-order valence-corrected chi connectivity index (χ3v) is 5.59. The number of nitrogens with zero attached hydrogens (tertiary/aromatic N) is 3. The van der Waals surface area contributed by atoms with Gasteiger partial charge < -0.3 is 14.7 Å². The Kier molecular flexibility index (Phi) is 4.86. The van der Waals surface area contributed by atoms with Crippen LogP contribution >= 0.6 is 0 Å². The van der Waals surface area contributed by atoms with Gasteiger partial charge in [0.15, 0.2) is 0 Å². The number of hydrogen-bond acceptors (Lipinski definition) is 3. The highest BCUT2D eigenvalue weighted by Gasteiger charge is 2.37. The van der Waals surface area contributed by atoms with E-state index in [1.807, 2.05) is 35.2 Å². The Morgan fingerprint density at radius 3 is 2.54 bits per heavy atom. The molecule has 1 unspecified atom stereocenters. The number of para-hydroxylation sites is 1. The van der Waals surface area contributed by atoms with Crippen molar-refractivity contribution in [2.75, 3.05) is 31.6 Å². The number of piperazine rings is 1. The van der Waals surface area contributed by atoms with Crippen LogP contribution in [0, 0.1) is 0 Å². The smallest absolute Gasteiger partial charge is 0.258 e. The highest BCUT2D eigenvalue weighted by atomic mass is 16.2. The van der Waals surface area contributed by atoms with Crippen LogP contribution in [0.3, 0.4) is 0 Å². The van der Waals surface area contributed by atoms with Crippen LogP contribution < -0.4 is 4.90 Å². The Labute approximate surface area is 164 Å². The summed E-state index contributed by atoms with van der Waals surface area (Å²) in [6, 6.07) is 16.4. The average molecular weight is 377 g/mol. The zero-order valence-corrected chi connectivity index (χ0v) is 15.9. The summed E-state index contributed by atoms with van der Waals surface area (Å²) in [5.74, 6) is -0.0586. The van der Waals surface area contributed by atoms with E-state index in [2.05, 4.69) is 0 Å². The molecule has 0 radical (unpaired) electrons. The highest BCUT2D eigenvalue weighted by molar-refractivity contribution is 6.07. The largest absolute Gasteiger partial charge is 0.336 e. The van der Waals surface area contributed by atoms with Crippen molar-refractivity contribution in [2.24, 2.45) is 0 Å². The molecule has 144 valence electrons. The van der Waals surface area contributed by atoms with Crippen molar-refractivity contribution in [2.45, 2.75) is 18.9 Å². The van der Waals surface area contributed by atoms with E-state index in [-0.39, 0.29) is 23.8 Å². The van der Waals surface area contributed by atoms with Crippen LogP contribution in [-0.4, -0.2) is 60.2 Å². The van der Waals surface area contributed by atoms with Gasteiger partial charge in [0.1, 0.15) is 0 Å². The first kappa shape index (κ1) is 18.2. The molecule has 2 aliphatic heterocycles. The second-order valence-corrected chi connectivity index (χ2v) is 7.31. The Morgan fingerprint density at radius 1 is 1.00 bits per heavy atom. The minimum Gasteiger partial charge on any atom is -0.336 e. The van der Waals surface area contributed by atoms with Gasteiger partial charge in [0.25, 0.3) is 11.8 Å². The molecule has 0 N–H and O–H groups in total. The number of carbonyl (C=O) groups is 3. The van der Waals surface area contributed by atoms with E-state index in [4.69, 9.17) is 0 Å². The van der Waals surface area contributed by atoms with Gasteiger partial charge in [-0.2, -0.15) is 0 Å². The second-order valence-electron chi connectivity index (χ2n) is 7.31. The summed E-state index contributed by atoms with van der Waals surface area (Å²) in [6.45, 7) is 1.68. The maximum absolute atomic E-state index is 13.0. The van der Waals surface area contributed by atoms with E-state index >= 15 is 0 Å². The Bertz CT molecular complexity index is 912. The van der Waals surface area contributed by atoms with E-state index in [9.17, 15) is 14.4 Å². The molecule has 6 nitrogen and oxygen atoms in total. The van der Waals surface area contributed by atoms with E-state index in [0.717, 1.165) is 12.1 Å². The molecule has 2 aromatic carbocycles. The molecular formula is C22H23N3O3. The van der Waals surface area contributed by atoms with Crippen LogP contribution in [0.15, 0.2) is 54.6 Å². The number of benzene rings is 2. The first-order valence-electron chi connectivity index (χ1n) is 9.56. The summed E-state index contributed by atoms with van der Waals surface area (Å²) >= 11 is 0. The SMILES string of the molecule is CN(C(=O)c1cccc(C(=O)N2CCN3C(=O)CCC3C2)c1)c1ccccc1. The second kappa shape index (κ2) is 7.46. The molecule has 2 aromatic rings. The van der Waals surface area contributed by atoms with Gasteiger partial charge in [-0.1, -0.05) is 24.3 Å². The van der Waals surface area contributed by atoms with Gasteiger partial charge in [-0.15, -0.1) is 0 Å². The molecule has 0 aliphatic carbocycles. The minimum atomic E-state index is -0.160. The van der Waals surface area contributed by atoms with Gasteiger partial charge in [-0.25, -0.2) is 0 Å². The number of amides is 3. The van der Waals surface area contributed by atoms with Crippen molar-refractivity contribution in [1.29, 1.82) is 0 Å². The lowest BCUT2D eigenvalue weighted by molar-refractivity contribution is -0.130. The summed E-state index contributed by atoms with van der Waals surface area (Å²) in [5.41, 5.74) is 1.78. The molecule has 0 spiro atoms. The lowest BCUT2D eigenvalue weighted by Crippen LogP contribution is -2.53. The van der Waals surface area contributed by atoms with E-state index < -0.39 is 0 Å². The average Bonchev–Trinajstić information content (AvgIpc) is 3.13. The summed E-state index contributed by atoms with van der Waals surface area (Å²) in [4.78, 5) is 42.9. The van der Waals surface area contributed by atoms with Crippen molar-refractivity contribution in [1.82, 2.24) is 9.80 Å². The van der Waals surface area contributed by atoms with E-state index in [1.165, 1.54) is 0 Å². The molecule has 0 saturated carbocycles. The number of rotatable bonds is 3. The first-order chi connectivity index (χ1) is 13.5. The number of anilines is 1. The molecule has 2 fully saturated rings. The van der Waals surface area contributed by atoms with Crippen LogP contribution in [0.1, 0.15) is 33.6 Å². The van der Waals surface area contributed by atoms with Crippen molar-refractivity contribution in [3.8, 4) is 0 Å². The van der Waals surface area contributed by atoms with E-state index in [1.54, 1.807) is 41.1 Å². The lowest BCUT2D eigenvalue weighted by atomic mass is 10.1. The molecule has 0 bridgehead atoms. The van der Waals surface area contributed by atoms with Gasteiger partial charge >= 0.3 is 0 Å². The van der Waals surface area contributed by atoms with Gasteiger partial charge in [-0.05, 0) is 36.8 Å². The van der Waals surface area contributed by atoms with Crippen LogP contribution in [0.25, 0.3) is 0 Å². The number of carbonyl (C=O) groups excluding carboxylic acids is 3. The van der Waals surface area contributed by atoms with Crippen LogP contribution in [0.5, 0.6) is 0 Å². The molecule has 28 heavy (non-hydrogen) atoms. The fourth-order valence-corrected chi connectivity index (χ4v) is 3.98. The predicted octanol–water partition coefficient (Wildman–Crippen LogP) is 2.41. The zero-order chi connectivity index (χ0) is 19.7. The Balaban J connectivity index is 1.50. The molecule has 0 aromatic heterocycles. The molecule has 3 amide bonds. The zero-order valence-electron chi connectivity index (χ0n) is 15.9. The molecule has 1 atom stereocenters. The molecule has 2 heterocycles. The quantitative estimate of drug-likeness (QED) is 0.825. The third kappa shape index (κ3) is 3.38. The summed E-state index contributed by atoms with van der Waals surface area (Å²) < 4.78 is 0. The highest BCUT2D eigenvalue weighted by Crippen LogP contribution is 2.24. The Hall–Kier alpha value is -3.15. The van der Waals surface area contributed by atoms with Crippen molar-refractivity contribution >= 4 is 23.4 Å². The number of hydrogen-bond donors (Lipinski definition) is 0. The summed E-state index contributed by atoms with van der Waals surface area (Å²) in [5, 5.41) is 0. The van der Waals surface area contributed by atoms with Crippen molar-refractivity contribution < 1.29 is 14.4 Å². The van der Waals surface area contributed by atoms with Gasteiger partial charge in [0.05, 0.1) is 0 Å². The predicted molar refractivity (Wildman–Crippen MR) is 106 cm³/mol. The van der Waals surface area contributed by atoms with E-state index in [0.29, 0.717) is 37.2 Å². The fourth-order valence-electron chi connectivity index (χ4n) is 3.98. The van der Waals surface area contributed by atoms with Gasteiger partial charge in [-0.3, -0.25) is 14.4 Å². The van der Waals surface area contributed by atoms with Gasteiger partial charge in [0.2, 0.25) is 5.91 Å². The number of fused-ring (bicyclic) bond motifs is 1. The minimum absolute atomic E-state index is 0.0870. The molecule has 2 aliphatic rings. The molecule has 6 heteroatoms. The van der Waals surface area contributed by atoms with Gasteiger partial charge in [0, 0.05) is 56.0 Å². The lowest BCUT2D eigenvalue weighted by Gasteiger charge is -2.37. The Morgan fingerprint density at radius 2 is 1.75 bits per heavy atom. The first-order valence-corrected chi connectivity index (χ1v) is 9.56. The van der Waals surface area contributed by atoms with Crippen LogP contribution in [0.4, 0.5) is 5.69 Å².